The zero-order valence-corrected chi connectivity index (χ0v) is 23.1. The number of hydrogen-bond acceptors (Lipinski definition) is 5. The molecular weight excluding hydrogens is 566 g/mol. The van der Waals surface area contributed by atoms with E-state index in [1.165, 1.54) is 0 Å². The van der Waals surface area contributed by atoms with E-state index in [1.54, 1.807) is 13.8 Å². The highest BCUT2D eigenvalue weighted by Crippen LogP contribution is 2.77. The summed E-state index contributed by atoms with van der Waals surface area (Å²) in [7, 11) is 0. The average Bonchev–Trinajstić information content (AvgIpc) is 3.30. The van der Waals surface area contributed by atoms with E-state index in [0.717, 1.165) is 27.2 Å². The van der Waals surface area contributed by atoms with Gasteiger partial charge in [-0.3, -0.25) is 24.1 Å². The molecule has 0 spiro atoms. The van der Waals surface area contributed by atoms with Crippen molar-refractivity contribution in [3.63, 3.8) is 0 Å². The quantitative estimate of drug-likeness (QED) is 0.245. The van der Waals surface area contributed by atoms with Crippen LogP contribution in [0.2, 0.25) is 0 Å². The second-order valence-electron chi connectivity index (χ2n) is 10.4. The second-order valence-corrected chi connectivity index (χ2v) is 11.7. The van der Waals surface area contributed by atoms with Crippen LogP contribution in [0.5, 0.6) is 0 Å². The molecule has 10 heteroatoms. The number of imide groups is 1. The molecule has 2 fully saturated rings. The molecule has 1 saturated heterocycles. The number of halogens is 1. The Kier molecular flexibility index (Phi) is 6.49. The first-order chi connectivity index (χ1) is 18.5. The molecule has 4 amide bonds. The molecule has 2 bridgehead atoms. The number of nitrogens with one attached hydrogen (secondary N) is 2. The molecule has 39 heavy (non-hydrogen) atoms. The number of Topliss-reactive ketones (excluding diaryl/α,β-unsaturated/α-hetero) is 1. The Bertz CT molecular complexity index is 1430. The highest BCUT2D eigenvalue weighted by atomic mass is 79.9. The molecular formula is C29H28BrN3O6. The Morgan fingerprint density at radius 3 is 2.00 bits per heavy atom. The number of alkyl halides is 1. The number of nitrogens with zero attached hydrogens (tertiary/aromatic N) is 1. The largest absolute Gasteiger partial charge is 0.465 e. The maximum absolute atomic E-state index is 14.3. The van der Waals surface area contributed by atoms with E-state index in [9.17, 15) is 24.0 Å². The lowest BCUT2D eigenvalue weighted by Gasteiger charge is -2.41. The molecule has 202 valence electrons. The topological polar surface area (TPSA) is 133 Å². The zero-order chi connectivity index (χ0) is 28.2. The van der Waals surface area contributed by atoms with Crippen molar-refractivity contribution >= 4 is 56.7 Å². The molecule has 3 N–H and O–H groups in total. The number of hydrogen-bond donors (Lipinski definition) is 3. The number of carbonyl (C=O) groups is 5. The molecule has 2 aliphatic carbocycles. The van der Waals surface area contributed by atoms with Gasteiger partial charge in [0, 0.05) is 26.1 Å². The number of carboxylic acid groups (broad SMARTS) is 1. The van der Waals surface area contributed by atoms with Gasteiger partial charge in [0.1, 0.15) is 4.32 Å². The lowest BCUT2D eigenvalue weighted by molar-refractivity contribution is -0.144. The summed E-state index contributed by atoms with van der Waals surface area (Å²) in [5.41, 5.74) is 0.470. The molecule has 2 aromatic carbocycles. The lowest BCUT2D eigenvalue weighted by Crippen LogP contribution is -2.50. The maximum atomic E-state index is 14.3. The summed E-state index contributed by atoms with van der Waals surface area (Å²) >= 11 is 3.69. The number of rotatable bonds is 8. The molecule has 1 saturated carbocycles. The van der Waals surface area contributed by atoms with Crippen molar-refractivity contribution in [2.75, 3.05) is 19.6 Å². The van der Waals surface area contributed by atoms with E-state index < -0.39 is 44.9 Å². The molecule has 1 heterocycles. The van der Waals surface area contributed by atoms with Crippen LogP contribution in [0.15, 0.2) is 60.7 Å². The van der Waals surface area contributed by atoms with Crippen molar-refractivity contribution in [3.05, 3.63) is 71.8 Å². The predicted molar refractivity (Wildman–Crippen MR) is 146 cm³/mol. The molecule has 2 aromatic rings. The van der Waals surface area contributed by atoms with Crippen LogP contribution in [-0.4, -0.2) is 63.6 Å². The van der Waals surface area contributed by atoms with Gasteiger partial charge in [-0.1, -0.05) is 76.6 Å². The molecule has 5 rings (SSSR count). The van der Waals surface area contributed by atoms with Crippen molar-refractivity contribution in [1.82, 2.24) is 15.5 Å². The summed E-state index contributed by atoms with van der Waals surface area (Å²) in [4.78, 5) is 66.4. The van der Waals surface area contributed by atoms with Crippen LogP contribution in [0.1, 0.15) is 31.4 Å². The van der Waals surface area contributed by atoms with E-state index in [4.69, 9.17) is 5.11 Å². The van der Waals surface area contributed by atoms with Crippen LogP contribution < -0.4 is 10.6 Å². The summed E-state index contributed by atoms with van der Waals surface area (Å²) in [6, 6.07) is 18.9. The van der Waals surface area contributed by atoms with E-state index >= 15 is 0 Å². The first-order valence-electron chi connectivity index (χ1n) is 12.7. The third-order valence-corrected chi connectivity index (χ3v) is 9.97. The van der Waals surface area contributed by atoms with Crippen LogP contribution in [0.3, 0.4) is 0 Å². The summed E-state index contributed by atoms with van der Waals surface area (Å²) in [6.07, 6.45) is -1.34. The second kappa shape index (κ2) is 9.44. The van der Waals surface area contributed by atoms with Gasteiger partial charge in [-0.05, 0) is 36.1 Å². The van der Waals surface area contributed by atoms with Crippen LogP contribution in [0.4, 0.5) is 4.79 Å². The van der Waals surface area contributed by atoms with Crippen LogP contribution >= 0.6 is 15.9 Å². The standard InChI is InChI=1S/C29H28BrN3O6/c1-27-20(17-9-5-3-6-10-17)21(18-11-7-4-8-12-18)28(2,24(27)36)29(30)22(27)23(35)33(25(29)37)16-13-19(34)31-14-15-32-26(38)39/h3-12,22,32H,13-16H2,1-2H3,(H,31,34)(H,38,39)/t22?,27-,28-,29?/m0/s1. The molecule has 1 aliphatic heterocycles. The minimum atomic E-state index is -1.51. The summed E-state index contributed by atoms with van der Waals surface area (Å²) < 4.78 is -1.51. The molecule has 0 radical (unpaired) electrons. The zero-order valence-electron chi connectivity index (χ0n) is 21.5. The lowest BCUT2D eigenvalue weighted by atomic mass is 9.63. The fourth-order valence-corrected chi connectivity index (χ4v) is 7.99. The van der Waals surface area contributed by atoms with Crippen molar-refractivity contribution in [2.45, 2.75) is 24.6 Å². The molecule has 9 nitrogen and oxygen atoms in total. The maximum Gasteiger partial charge on any atom is 0.404 e. The first kappa shape index (κ1) is 26.8. The molecule has 3 aliphatic rings. The normalized spacial score (nSPS) is 29.2. The number of likely N-dealkylation sites (tertiary alicyclic amines) is 1. The number of carbonyl (C=O) groups excluding carboxylic acids is 4. The summed E-state index contributed by atoms with van der Waals surface area (Å²) in [5.74, 6) is -2.61. The number of benzene rings is 2. The van der Waals surface area contributed by atoms with Gasteiger partial charge in [0.05, 0.1) is 16.7 Å². The third kappa shape index (κ3) is 3.61. The van der Waals surface area contributed by atoms with E-state index in [-0.39, 0.29) is 31.8 Å². The third-order valence-electron chi connectivity index (χ3n) is 8.38. The smallest absolute Gasteiger partial charge is 0.404 e. The van der Waals surface area contributed by atoms with Gasteiger partial charge in [-0.2, -0.15) is 0 Å². The fourth-order valence-electron chi connectivity index (χ4n) is 6.74. The summed E-state index contributed by atoms with van der Waals surface area (Å²) in [5, 5.41) is 13.4. The molecule has 2 unspecified atom stereocenters. The van der Waals surface area contributed by atoms with Crippen molar-refractivity contribution < 1.29 is 29.1 Å². The van der Waals surface area contributed by atoms with Gasteiger partial charge in [0.2, 0.25) is 17.7 Å². The van der Waals surface area contributed by atoms with Gasteiger partial charge < -0.3 is 15.7 Å². The highest BCUT2D eigenvalue weighted by Gasteiger charge is 2.85. The van der Waals surface area contributed by atoms with Crippen molar-refractivity contribution in [1.29, 1.82) is 0 Å². The van der Waals surface area contributed by atoms with Gasteiger partial charge in [0.25, 0.3) is 0 Å². The Labute approximate surface area is 233 Å². The van der Waals surface area contributed by atoms with Crippen LogP contribution in [-0.2, 0) is 19.2 Å². The predicted octanol–water partition coefficient (Wildman–Crippen LogP) is 3.10. The summed E-state index contributed by atoms with van der Waals surface area (Å²) in [6.45, 7) is 3.47. The first-order valence-corrected chi connectivity index (χ1v) is 13.5. The minimum Gasteiger partial charge on any atom is -0.465 e. The Hall–Kier alpha value is -3.79. The van der Waals surface area contributed by atoms with Crippen molar-refractivity contribution in [3.8, 4) is 0 Å². The average molecular weight is 594 g/mol. The van der Waals surface area contributed by atoms with Gasteiger partial charge >= 0.3 is 6.09 Å². The molecule has 0 aromatic heterocycles. The Balaban J connectivity index is 1.53. The Morgan fingerprint density at radius 2 is 1.44 bits per heavy atom. The fraction of sp³-hybridized carbons (Fsp3) is 0.345. The number of amides is 4. The van der Waals surface area contributed by atoms with E-state index in [0.29, 0.717) is 0 Å². The van der Waals surface area contributed by atoms with Crippen LogP contribution in [0.25, 0.3) is 11.1 Å². The number of fused-ring (bicyclic) bond motifs is 5. The van der Waals surface area contributed by atoms with Crippen LogP contribution in [0, 0.1) is 16.7 Å². The minimum absolute atomic E-state index is 0.0320. The Morgan fingerprint density at radius 1 is 0.897 bits per heavy atom. The number of ketones is 1. The van der Waals surface area contributed by atoms with E-state index in [2.05, 4.69) is 26.6 Å². The number of allylic oxidation sites excluding steroid dienone is 2. The van der Waals surface area contributed by atoms with Gasteiger partial charge in [-0.25, -0.2) is 4.79 Å². The SMILES string of the molecule is C[C@]12C(=O)[C@](C)(C(c3ccccc3)=C1c1ccccc1)C1(Br)C(=O)N(CCC(=O)NCCNC(=O)O)C(=O)C12. The van der Waals surface area contributed by atoms with Gasteiger partial charge in [-0.15, -0.1) is 0 Å². The monoisotopic (exact) mass is 593 g/mol. The van der Waals surface area contributed by atoms with Gasteiger partial charge in [0.15, 0.2) is 5.78 Å². The highest BCUT2D eigenvalue weighted by molar-refractivity contribution is 9.10. The van der Waals surface area contributed by atoms with Crippen molar-refractivity contribution in [2.24, 2.45) is 16.7 Å². The van der Waals surface area contributed by atoms with E-state index in [1.807, 2.05) is 60.7 Å². The molecule has 4 atom stereocenters.